The molecule has 0 saturated carbocycles. The fourth-order valence-electron chi connectivity index (χ4n) is 1.78. The Morgan fingerprint density at radius 1 is 1.41 bits per heavy atom. The van der Waals surface area contributed by atoms with E-state index >= 15 is 0 Å². The molecule has 0 saturated heterocycles. The lowest BCUT2D eigenvalue weighted by molar-refractivity contribution is 0.522. The lowest BCUT2D eigenvalue weighted by Gasteiger charge is -2.10. The van der Waals surface area contributed by atoms with Gasteiger partial charge in [0, 0.05) is 22.2 Å². The number of nitrogens with one attached hydrogen (secondary N) is 1. The predicted octanol–water partition coefficient (Wildman–Crippen LogP) is 2.87. The molecule has 1 aromatic heterocycles. The number of benzene rings is 1. The quantitative estimate of drug-likeness (QED) is 0.858. The monoisotopic (exact) mass is 252 g/mol. The van der Waals surface area contributed by atoms with Gasteiger partial charge >= 0.3 is 0 Å². The van der Waals surface area contributed by atoms with E-state index in [0.717, 1.165) is 23.1 Å². The summed E-state index contributed by atoms with van der Waals surface area (Å²) in [6.07, 6.45) is 0.972. The zero-order valence-electron chi connectivity index (χ0n) is 9.87. The average Bonchev–Trinajstić information content (AvgIpc) is 2.68. The molecule has 0 aliphatic carbocycles. The predicted molar refractivity (Wildman–Crippen MR) is 71.8 cm³/mol. The molecule has 0 bridgehead atoms. The van der Waals surface area contributed by atoms with Crippen molar-refractivity contribution in [2.75, 3.05) is 6.54 Å². The first-order chi connectivity index (χ1) is 8.19. The SMILES string of the molecule is CC(CCN)NCc1cc2cc(F)ccc2s1. The molecule has 17 heavy (non-hydrogen) atoms. The number of hydrogen-bond donors (Lipinski definition) is 2. The van der Waals surface area contributed by atoms with Gasteiger partial charge < -0.3 is 11.1 Å². The topological polar surface area (TPSA) is 38.0 Å². The van der Waals surface area contributed by atoms with Crippen LogP contribution in [0.1, 0.15) is 18.2 Å². The molecule has 0 aliphatic heterocycles. The molecule has 0 radical (unpaired) electrons. The van der Waals surface area contributed by atoms with E-state index in [4.69, 9.17) is 5.73 Å². The number of hydrogen-bond acceptors (Lipinski definition) is 3. The van der Waals surface area contributed by atoms with Crippen LogP contribution in [0.2, 0.25) is 0 Å². The van der Waals surface area contributed by atoms with Crippen molar-refractivity contribution in [1.29, 1.82) is 0 Å². The van der Waals surface area contributed by atoms with Crippen molar-refractivity contribution in [3.05, 3.63) is 35.0 Å². The molecule has 0 spiro atoms. The van der Waals surface area contributed by atoms with Crippen LogP contribution in [0.3, 0.4) is 0 Å². The highest BCUT2D eigenvalue weighted by Gasteiger charge is 2.04. The van der Waals surface area contributed by atoms with Crippen LogP contribution in [0.4, 0.5) is 4.39 Å². The maximum atomic E-state index is 13.0. The Balaban J connectivity index is 2.04. The van der Waals surface area contributed by atoms with Crippen molar-refractivity contribution in [1.82, 2.24) is 5.32 Å². The summed E-state index contributed by atoms with van der Waals surface area (Å²) in [5.74, 6) is -0.175. The summed E-state index contributed by atoms with van der Waals surface area (Å²) in [4.78, 5) is 1.23. The normalized spacial score (nSPS) is 13.1. The third-order valence-electron chi connectivity index (χ3n) is 2.75. The third-order valence-corrected chi connectivity index (χ3v) is 3.87. The van der Waals surface area contributed by atoms with Crippen molar-refractivity contribution in [3.8, 4) is 0 Å². The van der Waals surface area contributed by atoms with Crippen LogP contribution >= 0.6 is 11.3 Å². The first-order valence-electron chi connectivity index (χ1n) is 5.80. The van der Waals surface area contributed by atoms with Gasteiger partial charge in [-0.1, -0.05) is 0 Å². The minimum Gasteiger partial charge on any atom is -0.330 e. The number of rotatable bonds is 5. The molecule has 3 N–H and O–H groups in total. The summed E-state index contributed by atoms with van der Waals surface area (Å²) in [7, 11) is 0. The highest BCUT2D eigenvalue weighted by atomic mass is 32.1. The van der Waals surface area contributed by atoms with Crippen LogP contribution in [-0.4, -0.2) is 12.6 Å². The van der Waals surface area contributed by atoms with E-state index < -0.39 is 0 Å². The van der Waals surface area contributed by atoms with Gasteiger partial charge in [0.05, 0.1) is 0 Å². The van der Waals surface area contributed by atoms with Gasteiger partial charge in [-0.3, -0.25) is 0 Å². The zero-order valence-corrected chi connectivity index (χ0v) is 10.7. The Labute approximate surface area is 105 Å². The third kappa shape index (κ3) is 3.25. The van der Waals surface area contributed by atoms with Crippen molar-refractivity contribution in [2.45, 2.75) is 25.9 Å². The zero-order chi connectivity index (χ0) is 12.3. The maximum absolute atomic E-state index is 13.0. The highest BCUT2D eigenvalue weighted by molar-refractivity contribution is 7.19. The lowest BCUT2D eigenvalue weighted by atomic mass is 10.2. The largest absolute Gasteiger partial charge is 0.330 e. The average molecular weight is 252 g/mol. The smallest absolute Gasteiger partial charge is 0.123 e. The second kappa shape index (κ2) is 5.58. The Bertz CT molecular complexity index is 495. The van der Waals surface area contributed by atoms with E-state index in [1.807, 2.05) is 12.1 Å². The number of nitrogens with two attached hydrogens (primary N) is 1. The van der Waals surface area contributed by atoms with Crippen molar-refractivity contribution in [2.24, 2.45) is 5.73 Å². The Hall–Kier alpha value is -0.970. The van der Waals surface area contributed by atoms with Gasteiger partial charge in [0.15, 0.2) is 0 Å². The summed E-state index contributed by atoms with van der Waals surface area (Å²) in [6, 6.07) is 7.39. The number of fused-ring (bicyclic) bond motifs is 1. The van der Waals surface area contributed by atoms with E-state index in [9.17, 15) is 4.39 Å². The van der Waals surface area contributed by atoms with Crippen molar-refractivity contribution in [3.63, 3.8) is 0 Å². The number of halogens is 1. The molecule has 2 nitrogen and oxygen atoms in total. The molecule has 0 aliphatic rings. The molecule has 1 aromatic carbocycles. The van der Waals surface area contributed by atoms with Gasteiger partial charge in [-0.15, -0.1) is 11.3 Å². The van der Waals surface area contributed by atoms with Gasteiger partial charge in [0.25, 0.3) is 0 Å². The molecular formula is C13H17FN2S. The van der Waals surface area contributed by atoms with Gasteiger partial charge in [-0.05, 0) is 49.5 Å². The van der Waals surface area contributed by atoms with Gasteiger partial charge in [0.1, 0.15) is 5.82 Å². The van der Waals surface area contributed by atoms with Crippen molar-refractivity contribution >= 4 is 21.4 Å². The van der Waals surface area contributed by atoms with E-state index in [-0.39, 0.29) is 5.82 Å². The summed E-state index contributed by atoms with van der Waals surface area (Å²) in [5, 5.41) is 4.40. The Morgan fingerprint density at radius 3 is 3.00 bits per heavy atom. The molecule has 2 rings (SSSR count). The van der Waals surface area contributed by atoms with Crippen LogP contribution in [0.25, 0.3) is 10.1 Å². The molecule has 0 amide bonds. The first kappa shape index (κ1) is 12.5. The molecule has 4 heteroatoms. The molecule has 92 valence electrons. The van der Waals surface area contributed by atoms with E-state index in [0.29, 0.717) is 12.6 Å². The van der Waals surface area contributed by atoms with Crippen LogP contribution in [0.5, 0.6) is 0 Å². The second-order valence-corrected chi connectivity index (χ2v) is 5.42. The lowest BCUT2D eigenvalue weighted by Crippen LogP contribution is -2.27. The minimum absolute atomic E-state index is 0.175. The van der Waals surface area contributed by atoms with Crippen molar-refractivity contribution < 1.29 is 4.39 Å². The van der Waals surface area contributed by atoms with Crippen LogP contribution in [0.15, 0.2) is 24.3 Å². The molecular weight excluding hydrogens is 235 g/mol. The molecule has 1 heterocycles. The van der Waals surface area contributed by atoms with E-state index in [2.05, 4.69) is 12.2 Å². The Kier molecular flexibility index (Phi) is 4.10. The van der Waals surface area contributed by atoms with Crippen LogP contribution in [0, 0.1) is 5.82 Å². The molecule has 1 atom stereocenters. The second-order valence-electron chi connectivity index (χ2n) is 4.25. The summed E-state index contributed by atoms with van der Waals surface area (Å²) >= 11 is 1.71. The maximum Gasteiger partial charge on any atom is 0.123 e. The molecule has 0 fully saturated rings. The van der Waals surface area contributed by atoms with Crippen LogP contribution < -0.4 is 11.1 Å². The van der Waals surface area contributed by atoms with Crippen LogP contribution in [-0.2, 0) is 6.54 Å². The van der Waals surface area contributed by atoms with E-state index in [1.54, 1.807) is 17.4 Å². The standard InChI is InChI=1S/C13H17FN2S/c1-9(4-5-15)16-8-12-7-10-6-11(14)2-3-13(10)17-12/h2-3,6-7,9,16H,4-5,8,15H2,1H3. The summed E-state index contributed by atoms with van der Waals surface area (Å²) < 4.78 is 14.2. The Morgan fingerprint density at radius 2 is 2.24 bits per heavy atom. The van der Waals surface area contributed by atoms with E-state index in [1.165, 1.54) is 10.9 Å². The fourth-order valence-corrected chi connectivity index (χ4v) is 2.78. The van der Waals surface area contributed by atoms with Gasteiger partial charge in [-0.25, -0.2) is 4.39 Å². The summed E-state index contributed by atoms with van der Waals surface area (Å²) in [6.45, 7) is 3.65. The minimum atomic E-state index is -0.175. The number of thiophene rings is 1. The first-order valence-corrected chi connectivity index (χ1v) is 6.62. The molecule has 2 aromatic rings. The highest BCUT2D eigenvalue weighted by Crippen LogP contribution is 2.26. The van der Waals surface area contributed by atoms with Gasteiger partial charge in [0.2, 0.25) is 0 Å². The summed E-state index contributed by atoms with van der Waals surface area (Å²) in [5.41, 5.74) is 5.50. The van der Waals surface area contributed by atoms with Gasteiger partial charge in [-0.2, -0.15) is 0 Å². The molecule has 1 unspecified atom stereocenters. The fraction of sp³-hybridized carbons (Fsp3) is 0.385.